The zero-order valence-electron chi connectivity index (χ0n) is 17.6. The number of ether oxygens (including phenoxy) is 2. The zero-order chi connectivity index (χ0) is 22.2. The Bertz CT molecular complexity index is 1300. The second-order valence-corrected chi connectivity index (χ2v) is 9.31. The van der Waals surface area contributed by atoms with Crippen LogP contribution in [0.1, 0.15) is 34.8 Å². The fourth-order valence-electron chi connectivity index (χ4n) is 4.80. The number of methoxy groups -OCH3 is 1. The van der Waals surface area contributed by atoms with Crippen molar-refractivity contribution < 1.29 is 14.3 Å². The summed E-state index contributed by atoms with van der Waals surface area (Å²) in [6, 6.07) is 16.2. The molecule has 7 heteroatoms. The Balaban J connectivity index is 1.88. The minimum absolute atomic E-state index is 0.0154. The molecule has 0 aliphatic carbocycles. The molecule has 0 unspecified atom stereocenters. The number of hydrogen-bond acceptors (Lipinski definition) is 4. The van der Waals surface area contributed by atoms with Crippen LogP contribution in [0.4, 0.5) is 0 Å². The molecule has 0 saturated carbocycles. The van der Waals surface area contributed by atoms with Gasteiger partial charge in [0.2, 0.25) is 0 Å². The molecule has 0 radical (unpaired) electrons. The first-order valence-corrected chi connectivity index (χ1v) is 11.8. The van der Waals surface area contributed by atoms with Gasteiger partial charge in [0.05, 0.1) is 40.3 Å². The molecule has 0 N–H and O–H groups in total. The molecule has 0 spiro atoms. The summed E-state index contributed by atoms with van der Waals surface area (Å²) in [5.74, 6) is -0.105. The molecule has 2 aromatic heterocycles. The van der Waals surface area contributed by atoms with E-state index in [2.05, 4.69) is 50.8 Å². The van der Waals surface area contributed by atoms with E-state index in [9.17, 15) is 4.79 Å². The monoisotopic (exact) mass is 512 g/mol. The van der Waals surface area contributed by atoms with E-state index >= 15 is 0 Å². The first-order valence-electron chi connectivity index (χ1n) is 10.6. The number of rotatable bonds is 4. The lowest BCUT2D eigenvalue weighted by molar-refractivity contribution is 0.0553. The van der Waals surface area contributed by atoms with Crippen molar-refractivity contribution in [1.82, 2.24) is 9.55 Å². The molecule has 0 amide bonds. The zero-order valence-corrected chi connectivity index (χ0v) is 19.9. The van der Waals surface area contributed by atoms with Crippen molar-refractivity contribution in [2.45, 2.75) is 18.9 Å². The lowest BCUT2D eigenvalue weighted by atomic mass is 9.86. The molecular weight excluding hydrogens is 492 g/mol. The van der Waals surface area contributed by atoms with Gasteiger partial charge in [-0.25, -0.2) is 4.79 Å². The molecule has 1 saturated heterocycles. The van der Waals surface area contributed by atoms with E-state index < -0.39 is 5.97 Å². The number of carbonyl (C=O) groups is 1. The Morgan fingerprint density at radius 1 is 1.22 bits per heavy atom. The van der Waals surface area contributed by atoms with Crippen LogP contribution < -0.4 is 0 Å². The normalized spacial score (nSPS) is 15.8. The van der Waals surface area contributed by atoms with Crippen molar-refractivity contribution in [1.29, 1.82) is 0 Å². The molecule has 3 heterocycles. The SMILES string of the molecule is COC(=O)c1ccc2c3ncc(Br)cc3n([C@H](c3ccccc3)C3CCOCC3)c2c1Cl. The molecule has 2 aromatic carbocycles. The fraction of sp³-hybridized carbons (Fsp3) is 0.280. The van der Waals surface area contributed by atoms with Crippen LogP contribution in [-0.2, 0) is 9.47 Å². The summed E-state index contributed by atoms with van der Waals surface area (Å²) >= 11 is 10.5. The largest absolute Gasteiger partial charge is 0.465 e. The van der Waals surface area contributed by atoms with Crippen molar-refractivity contribution in [2.24, 2.45) is 5.92 Å². The predicted molar refractivity (Wildman–Crippen MR) is 129 cm³/mol. The van der Waals surface area contributed by atoms with Crippen LogP contribution in [0.2, 0.25) is 5.02 Å². The summed E-state index contributed by atoms with van der Waals surface area (Å²) in [6.45, 7) is 1.46. The topological polar surface area (TPSA) is 53.3 Å². The molecule has 1 atom stereocenters. The lowest BCUT2D eigenvalue weighted by Crippen LogP contribution is -2.27. The van der Waals surface area contributed by atoms with E-state index in [1.807, 2.05) is 12.1 Å². The number of benzene rings is 2. The van der Waals surface area contributed by atoms with E-state index in [1.54, 1.807) is 12.3 Å². The van der Waals surface area contributed by atoms with Crippen LogP contribution in [0.15, 0.2) is 59.2 Å². The first kappa shape index (κ1) is 21.4. The maximum absolute atomic E-state index is 12.4. The van der Waals surface area contributed by atoms with Crippen LogP contribution in [-0.4, -0.2) is 35.8 Å². The third-order valence-corrected chi connectivity index (χ3v) is 7.06. The number of halogens is 2. The maximum Gasteiger partial charge on any atom is 0.339 e. The highest BCUT2D eigenvalue weighted by atomic mass is 79.9. The molecule has 1 fully saturated rings. The lowest BCUT2D eigenvalue weighted by Gasteiger charge is -2.33. The van der Waals surface area contributed by atoms with Crippen LogP contribution in [0.25, 0.3) is 21.9 Å². The molecule has 32 heavy (non-hydrogen) atoms. The van der Waals surface area contributed by atoms with Crippen molar-refractivity contribution in [3.05, 3.63) is 75.4 Å². The number of esters is 1. The van der Waals surface area contributed by atoms with Gasteiger partial charge in [-0.1, -0.05) is 41.9 Å². The van der Waals surface area contributed by atoms with E-state index in [0.29, 0.717) is 16.5 Å². The number of nitrogens with zero attached hydrogens (tertiary/aromatic N) is 2. The van der Waals surface area contributed by atoms with Crippen molar-refractivity contribution in [2.75, 3.05) is 20.3 Å². The Morgan fingerprint density at radius 3 is 2.69 bits per heavy atom. The number of carbonyl (C=O) groups excluding carboxylic acids is 1. The van der Waals surface area contributed by atoms with Crippen LogP contribution in [0, 0.1) is 5.92 Å². The van der Waals surface area contributed by atoms with Gasteiger partial charge >= 0.3 is 5.97 Å². The van der Waals surface area contributed by atoms with Crippen molar-refractivity contribution in [3.63, 3.8) is 0 Å². The second-order valence-electron chi connectivity index (χ2n) is 8.01. The second kappa shape index (κ2) is 8.85. The summed E-state index contributed by atoms with van der Waals surface area (Å²) in [6.07, 6.45) is 3.67. The van der Waals surface area contributed by atoms with Gasteiger partial charge in [-0.15, -0.1) is 0 Å². The number of pyridine rings is 1. The summed E-state index contributed by atoms with van der Waals surface area (Å²) in [5.41, 5.74) is 4.17. The van der Waals surface area contributed by atoms with E-state index in [1.165, 1.54) is 12.7 Å². The van der Waals surface area contributed by atoms with Gasteiger partial charge < -0.3 is 14.0 Å². The summed E-state index contributed by atoms with van der Waals surface area (Å²) in [5, 5.41) is 1.30. The third-order valence-electron chi connectivity index (χ3n) is 6.24. The first-order chi connectivity index (χ1) is 15.6. The van der Waals surface area contributed by atoms with E-state index in [0.717, 1.165) is 52.5 Å². The predicted octanol–water partition coefficient (Wildman–Crippen LogP) is 6.41. The van der Waals surface area contributed by atoms with Gasteiger partial charge in [0, 0.05) is 29.3 Å². The highest BCUT2D eigenvalue weighted by Gasteiger charge is 2.31. The molecule has 164 valence electrons. The van der Waals surface area contributed by atoms with Crippen LogP contribution in [0.5, 0.6) is 0 Å². The van der Waals surface area contributed by atoms with E-state index in [-0.39, 0.29) is 6.04 Å². The highest BCUT2D eigenvalue weighted by Crippen LogP contribution is 2.43. The Labute approximate surface area is 199 Å². The molecule has 1 aliphatic rings. The summed E-state index contributed by atoms with van der Waals surface area (Å²) < 4.78 is 13.8. The molecular formula is C25H22BrClN2O3. The van der Waals surface area contributed by atoms with Crippen molar-refractivity contribution >= 4 is 55.4 Å². The molecule has 5 nitrogen and oxygen atoms in total. The average Bonchev–Trinajstić information content (AvgIpc) is 3.14. The Hall–Kier alpha value is -2.41. The van der Waals surface area contributed by atoms with E-state index in [4.69, 9.17) is 26.1 Å². The third kappa shape index (κ3) is 3.60. The highest BCUT2D eigenvalue weighted by molar-refractivity contribution is 9.10. The summed E-state index contributed by atoms with van der Waals surface area (Å²) in [7, 11) is 1.37. The van der Waals surface area contributed by atoms with Gasteiger partial charge in [-0.3, -0.25) is 4.98 Å². The van der Waals surface area contributed by atoms with Gasteiger partial charge in [0.1, 0.15) is 0 Å². The average molecular weight is 514 g/mol. The molecule has 0 bridgehead atoms. The van der Waals surface area contributed by atoms with Crippen molar-refractivity contribution in [3.8, 4) is 0 Å². The van der Waals surface area contributed by atoms with Gasteiger partial charge in [0.25, 0.3) is 0 Å². The van der Waals surface area contributed by atoms with Crippen LogP contribution >= 0.6 is 27.5 Å². The number of hydrogen-bond donors (Lipinski definition) is 0. The number of fused-ring (bicyclic) bond motifs is 3. The Morgan fingerprint density at radius 2 is 1.97 bits per heavy atom. The minimum atomic E-state index is -0.454. The summed E-state index contributed by atoms with van der Waals surface area (Å²) in [4.78, 5) is 17.2. The molecule has 1 aliphatic heterocycles. The molecule has 5 rings (SSSR count). The minimum Gasteiger partial charge on any atom is -0.465 e. The number of aromatic nitrogens is 2. The van der Waals surface area contributed by atoms with Gasteiger partial charge in [-0.2, -0.15) is 0 Å². The molecule has 4 aromatic rings. The smallest absolute Gasteiger partial charge is 0.339 e. The van der Waals surface area contributed by atoms with Gasteiger partial charge in [-0.05, 0) is 58.5 Å². The maximum atomic E-state index is 12.4. The standard InChI is InChI=1S/C25H22BrClN2O3/c1-31-25(30)18-7-8-19-22-20(13-17(26)14-28-22)29(24(19)21(18)27)23(15-5-3-2-4-6-15)16-9-11-32-12-10-16/h2-8,13-14,16,23H,9-12H2,1H3/t23-/m1/s1. The van der Waals surface area contributed by atoms with Crippen LogP contribution in [0.3, 0.4) is 0 Å². The fourth-order valence-corrected chi connectivity index (χ4v) is 5.45. The van der Waals surface area contributed by atoms with Gasteiger partial charge in [0.15, 0.2) is 0 Å². The Kier molecular flexibility index (Phi) is 5.93. The quantitative estimate of drug-likeness (QED) is 0.296.